The minimum absolute atomic E-state index is 0.708. The fraction of sp³-hybridized carbons (Fsp3) is 0.771. The van der Waals surface area contributed by atoms with Gasteiger partial charge in [-0.25, -0.2) is 0 Å². The molecule has 2 saturated carbocycles. The number of hydrogen-bond donors (Lipinski definition) is 0. The van der Waals surface area contributed by atoms with E-state index in [9.17, 15) is 0 Å². The van der Waals surface area contributed by atoms with Crippen LogP contribution in [0.5, 0.6) is 5.75 Å². The van der Waals surface area contributed by atoms with Gasteiger partial charge in [-0.3, -0.25) is 0 Å². The summed E-state index contributed by atoms with van der Waals surface area (Å²) in [5, 5.41) is 0. The predicted molar refractivity (Wildman–Crippen MR) is 158 cm³/mol. The van der Waals surface area contributed by atoms with Gasteiger partial charge in [-0.15, -0.1) is 0 Å². The lowest BCUT2D eigenvalue weighted by Crippen LogP contribution is -2.13. The van der Waals surface area contributed by atoms with E-state index in [0.717, 1.165) is 29.4 Å². The monoisotopic (exact) mass is 494 g/mol. The van der Waals surface area contributed by atoms with Gasteiger partial charge in [0.1, 0.15) is 12.4 Å². The summed E-state index contributed by atoms with van der Waals surface area (Å²) in [5.74, 6) is 4.55. The number of rotatable bonds is 17. The maximum atomic E-state index is 6.05. The van der Waals surface area contributed by atoms with Crippen molar-refractivity contribution < 1.29 is 4.74 Å². The standard InChI is InChI=1S/C35H58O/c1-3-5-7-9-11-14-30-17-19-32(20-18-30)16-13-29-36-35-27-25-34(26-28-35)33-23-21-31(22-24-33)15-12-10-8-6-4-2/h13,16,25-28,30-33H,3-12,14-15,17-24,29H2,1-2H3/b16-13+. The van der Waals surface area contributed by atoms with Gasteiger partial charge in [0.2, 0.25) is 0 Å². The van der Waals surface area contributed by atoms with Crippen molar-refractivity contribution in [2.75, 3.05) is 6.61 Å². The van der Waals surface area contributed by atoms with E-state index in [0.29, 0.717) is 6.61 Å². The molecule has 3 rings (SSSR count). The van der Waals surface area contributed by atoms with Crippen LogP contribution in [0.3, 0.4) is 0 Å². The molecule has 1 nitrogen and oxygen atoms in total. The van der Waals surface area contributed by atoms with Gasteiger partial charge in [0.25, 0.3) is 0 Å². The summed E-state index contributed by atoms with van der Waals surface area (Å²) < 4.78 is 6.05. The summed E-state index contributed by atoms with van der Waals surface area (Å²) in [5.41, 5.74) is 1.53. The Balaban J connectivity index is 1.25. The minimum Gasteiger partial charge on any atom is -0.490 e. The first kappa shape index (κ1) is 29.3. The van der Waals surface area contributed by atoms with Gasteiger partial charge in [-0.2, -0.15) is 0 Å². The Morgan fingerprint density at radius 2 is 1.17 bits per heavy atom. The molecule has 0 aromatic heterocycles. The molecular formula is C35H58O. The molecular weight excluding hydrogens is 436 g/mol. The van der Waals surface area contributed by atoms with E-state index in [1.54, 1.807) is 0 Å². The highest BCUT2D eigenvalue weighted by Crippen LogP contribution is 2.38. The summed E-state index contributed by atoms with van der Waals surface area (Å²) in [6.07, 6.45) is 33.2. The first-order valence-electron chi connectivity index (χ1n) is 16.2. The van der Waals surface area contributed by atoms with Crippen molar-refractivity contribution in [1.82, 2.24) is 0 Å². The van der Waals surface area contributed by atoms with Crippen LogP contribution in [0.1, 0.15) is 154 Å². The van der Waals surface area contributed by atoms with E-state index < -0.39 is 0 Å². The third kappa shape index (κ3) is 11.4. The van der Waals surface area contributed by atoms with E-state index in [1.807, 2.05) is 0 Å². The number of benzene rings is 1. The Morgan fingerprint density at radius 3 is 1.72 bits per heavy atom. The lowest BCUT2D eigenvalue weighted by Gasteiger charge is -2.29. The molecule has 0 radical (unpaired) electrons. The molecule has 0 unspecified atom stereocenters. The molecule has 1 aromatic rings. The number of unbranched alkanes of at least 4 members (excludes halogenated alkanes) is 8. The maximum Gasteiger partial charge on any atom is 0.119 e. The fourth-order valence-corrected chi connectivity index (χ4v) is 6.76. The van der Waals surface area contributed by atoms with E-state index in [2.05, 4.69) is 50.3 Å². The van der Waals surface area contributed by atoms with E-state index in [4.69, 9.17) is 4.74 Å². The van der Waals surface area contributed by atoms with Crippen LogP contribution in [0.4, 0.5) is 0 Å². The van der Waals surface area contributed by atoms with Crippen LogP contribution in [0.15, 0.2) is 36.4 Å². The second-order valence-corrected chi connectivity index (χ2v) is 12.2. The fourth-order valence-electron chi connectivity index (χ4n) is 6.76. The SMILES string of the molecule is CCCCCCCC1CCC(/C=C/COc2ccc(C3CCC(CCCCCCC)CC3)cc2)CC1. The Bertz CT molecular complexity index is 673. The molecule has 0 heterocycles. The number of allylic oxidation sites excluding steroid dienone is 1. The smallest absolute Gasteiger partial charge is 0.119 e. The zero-order chi connectivity index (χ0) is 25.3. The number of ether oxygens (including phenoxy) is 1. The summed E-state index contributed by atoms with van der Waals surface area (Å²) in [7, 11) is 0. The van der Waals surface area contributed by atoms with E-state index in [1.165, 1.54) is 134 Å². The maximum absolute atomic E-state index is 6.05. The van der Waals surface area contributed by atoms with Gasteiger partial charge >= 0.3 is 0 Å². The summed E-state index contributed by atoms with van der Waals surface area (Å²) in [4.78, 5) is 0. The number of hydrogen-bond acceptors (Lipinski definition) is 1. The molecule has 1 heteroatoms. The van der Waals surface area contributed by atoms with Crippen LogP contribution in [0.2, 0.25) is 0 Å². The molecule has 1 aromatic carbocycles. The highest BCUT2D eigenvalue weighted by molar-refractivity contribution is 5.30. The zero-order valence-electron chi connectivity index (χ0n) is 24.0. The zero-order valence-corrected chi connectivity index (χ0v) is 24.0. The lowest BCUT2D eigenvalue weighted by atomic mass is 9.77. The second-order valence-electron chi connectivity index (χ2n) is 12.2. The average Bonchev–Trinajstić information content (AvgIpc) is 2.92. The third-order valence-corrected chi connectivity index (χ3v) is 9.28. The van der Waals surface area contributed by atoms with Gasteiger partial charge in [0.15, 0.2) is 0 Å². The lowest BCUT2D eigenvalue weighted by molar-refractivity contribution is 0.287. The van der Waals surface area contributed by atoms with Gasteiger partial charge in [-0.1, -0.05) is 115 Å². The van der Waals surface area contributed by atoms with Gasteiger partial charge in [0, 0.05) is 0 Å². The summed E-state index contributed by atoms with van der Waals surface area (Å²) in [6, 6.07) is 9.07. The third-order valence-electron chi connectivity index (χ3n) is 9.28. The molecule has 0 N–H and O–H groups in total. The molecule has 204 valence electrons. The quantitative estimate of drug-likeness (QED) is 0.154. The van der Waals surface area contributed by atoms with Crippen LogP contribution in [0, 0.1) is 17.8 Å². The van der Waals surface area contributed by atoms with Gasteiger partial charge in [-0.05, 0) is 92.7 Å². The Hall–Kier alpha value is -1.24. The molecule has 0 aliphatic heterocycles. The van der Waals surface area contributed by atoms with E-state index >= 15 is 0 Å². The highest BCUT2D eigenvalue weighted by Gasteiger charge is 2.22. The van der Waals surface area contributed by atoms with E-state index in [-0.39, 0.29) is 0 Å². The molecule has 2 aliphatic carbocycles. The van der Waals surface area contributed by atoms with Gasteiger partial charge in [0.05, 0.1) is 0 Å². The molecule has 0 atom stereocenters. The van der Waals surface area contributed by atoms with Crippen molar-refractivity contribution >= 4 is 0 Å². The second kappa shape index (κ2) is 18.1. The van der Waals surface area contributed by atoms with Gasteiger partial charge < -0.3 is 4.74 Å². The Kier molecular flexibility index (Phi) is 14.7. The summed E-state index contributed by atoms with van der Waals surface area (Å²) >= 11 is 0. The van der Waals surface area contributed by atoms with Crippen LogP contribution >= 0.6 is 0 Å². The first-order chi connectivity index (χ1) is 17.8. The van der Waals surface area contributed by atoms with Crippen molar-refractivity contribution in [2.24, 2.45) is 17.8 Å². The molecule has 36 heavy (non-hydrogen) atoms. The predicted octanol–water partition coefficient (Wildman–Crippen LogP) is 11.4. The van der Waals surface area contributed by atoms with Crippen molar-refractivity contribution in [2.45, 2.75) is 148 Å². The van der Waals surface area contributed by atoms with Crippen LogP contribution < -0.4 is 4.74 Å². The van der Waals surface area contributed by atoms with Crippen molar-refractivity contribution in [3.8, 4) is 5.75 Å². The Morgan fingerprint density at radius 1 is 0.639 bits per heavy atom. The topological polar surface area (TPSA) is 9.23 Å². The largest absolute Gasteiger partial charge is 0.490 e. The molecule has 2 aliphatic rings. The highest BCUT2D eigenvalue weighted by atomic mass is 16.5. The molecule has 0 bridgehead atoms. The van der Waals surface area contributed by atoms with Crippen LogP contribution in [-0.4, -0.2) is 6.61 Å². The van der Waals surface area contributed by atoms with Crippen molar-refractivity contribution in [3.63, 3.8) is 0 Å². The van der Waals surface area contributed by atoms with Crippen LogP contribution in [0.25, 0.3) is 0 Å². The minimum atomic E-state index is 0.708. The van der Waals surface area contributed by atoms with Crippen molar-refractivity contribution in [3.05, 3.63) is 42.0 Å². The molecule has 0 spiro atoms. The Labute approximate surface area is 224 Å². The summed E-state index contributed by atoms with van der Waals surface area (Å²) in [6.45, 7) is 5.32. The molecule has 0 saturated heterocycles. The normalized spacial score (nSPS) is 24.8. The molecule has 0 amide bonds. The first-order valence-corrected chi connectivity index (χ1v) is 16.2. The molecule has 2 fully saturated rings. The average molecular weight is 495 g/mol. The van der Waals surface area contributed by atoms with Crippen LogP contribution in [-0.2, 0) is 0 Å². The van der Waals surface area contributed by atoms with Crippen molar-refractivity contribution in [1.29, 1.82) is 0 Å².